The van der Waals surface area contributed by atoms with Gasteiger partial charge in [0.2, 0.25) is 0 Å². The summed E-state index contributed by atoms with van der Waals surface area (Å²) >= 11 is 0. The third-order valence-corrected chi connectivity index (χ3v) is 6.13. The lowest BCUT2D eigenvalue weighted by atomic mass is 9.85. The maximum Gasteiger partial charge on any atom is 0.329 e. The Hall–Kier alpha value is -3.06. The maximum absolute atomic E-state index is 13.6. The molecule has 2 aromatic rings. The zero-order valence-electron chi connectivity index (χ0n) is 17.2. The van der Waals surface area contributed by atoms with Gasteiger partial charge in [0.15, 0.2) is 0 Å². The van der Waals surface area contributed by atoms with E-state index in [9.17, 15) is 14.7 Å². The summed E-state index contributed by atoms with van der Waals surface area (Å²) < 4.78 is 5.27. The number of rotatable bonds is 4. The minimum absolute atomic E-state index is 0.0421. The number of fused-ring (bicyclic) bond motifs is 1. The molecule has 7 nitrogen and oxygen atoms in total. The lowest BCUT2D eigenvalue weighted by Gasteiger charge is -2.44. The highest BCUT2D eigenvalue weighted by molar-refractivity contribution is 6.11. The number of hydrogen-bond acceptors (Lipinski definition) is 4. The molecule has 1 aliphatic carbocycles. The largest absolute Gasteiger partial charge is 0.497 e. The fourth-order valence-corrected chi connectivity index (χ4v) is 4.41. The molecule has 0 aromatic heterocycles. The first-order chi connectivity index (χ1) is 14.4. The molecule has 3 atom stereocenters. The van der Waals surface area contributed by atoms with Crippen LogP contribution in [0.4, 0.5) is 16.2 Å². The molecule has 0 saturated heterocycles. The van der Waals surface area contributed by atoms with E-state index < -0.39 is 17.7 Å². The van der Waals surface area contributed by atoms with Gasteiger partial charge in [-0.15, -0.1) is 0 Å². The molecule has 0 bridgehead atoms. The van der Waals surface area contributed by atoms with Gasteiger partial charge in [-0.25, -0.2) is 4.79 Å². The summed E-state index contributed by atoms with van der Waals surface area (Å²) in [6.45, 7) is 2.11. The third kappa shape index (κ3) is 3.39. The number of nitrogens with one attached hydrogen (secondary N) is 2. The molecule has 2 aliphatic rings. The summed E-state index contributed by atoms with van der Waals surface area (Å²) in [7, 11) is 1.52. The van der Waals surface area contributed by atoms with Gasteiger partial charge in [-0.1, -0.05) is 44.0 Å². The normalized spacial score (nSPS) is 25.8. The second-order valence-corrected chi connectivity index (χ2v) is 8.03. The summed E-state index contributed by atoms with van der Waals surface area (Å²) in [5, 5.41) is 17.7. The fraction of sp³-hybridized carbons (Fsp3) is 0.391. The minimum Gasteiger partial charge on any atom is -0.497 e. The topological polar surface area (TPSA) is 90.9 Å². The number of amides is 3. The van der Waals surface area contributed by atoms with E-state index in [2.05, 4.69) is 17.6 Å². The summed E-state index contributed by atoms with van der Waals surface area (Å²) in [6, 6.07) is 12.9. The first kappa shape index (κ1) is 20.2. The first-order valence-corrected chi connectivity index (χ1v) is 10.3. The van der Waals surface area contributed by atoms with Crippen LogP contribution in [0.2, 0.25) is 0 Å². The van der Waals surface area contributed by atoms with E-state index >= 15 is 0 Å². The third-order valence-electron chi connectivity index (χ3n) is 6.13. The van der Waals surface area contributed by atoms with Gasteiger partial charge in [-0.2, -0.15) is 0 Å². The summed E-state index contributed by atoms with van der Waals surface area (Å²) in [6.07, 6.45) is 4.05. The van der Waals surface area contributed by atoms with Gasteiger partial charge < -0.3 is 20.5 Å². The molecular formula is C23H27N3O4. The predicted molar refractivity (Wildman–Crippen MR) is 114 cm³/mol. The van der Waals surface area contributed by atoms with Crippen LogP contribution in [0.25, 0.3) is 0 Å². The van der Waals surface area contributed by atoms with E-state index in [4.69, 9.17) is 4.74 Å². The molecule has 3 N–H and O–H groups in total. The number of hydrogen-bond donors (Lipinski definition) is 3. The SMILES string of the molecule is COc1cccc(N2C(=O)Nc3ccccc3[C@]2(O)C(=O)N[C@H]2CCCC[C@@H]2C)c1. The lowest BCUT2D eigenvalue weighted by Crippen LogP contribution is -2.64. The molecular weight excluding hydrogens is 382 g/mol. The monoisotopic (exact) mass is 409 g/mol. The molecule has 4 rings (SSSR count). The van der Waals surface area contributed by atoms with Crippen molar-refractivity contribution in [3.63, 3.8) is 0 Å². The van der Waals surface area contributed by atoms with Gasteiger partial charge >= 0.3 is 6.03 Å². The number of anilines is 2. The molecule has 1 saturated carbocycles. The van der Waals surface area contributed by atoms with Crippen LogP contribution in [0.15, 0.2) is 48.5 Å². The number of ether oxygens (including phenoxy) is 1. The van der Waals surface area contributed by atoms with E-state index in [1.165, 1.54) is 7.11 Å². The molecule has 1 heterocycles. The molecule has 3 amide bonds. The summed E-state index contributed by atoms with van der Waals surface area (Å²) in [5.74, 6) is 0.221. The van der Waals surface area contributed by atoms with Crippen LogP contribution in [0.5, 0.6) is 5.75 Å². The Kier molecular flexibility index (Phi) is 5.39. The maximum atomic E-state index is 13.6. The van der Waals surface area contributed by atoms with E-state index in [1.54, 1.807) is 48.5 Å². The van der Waals surface area contributed by atoms with E-state index in [0.717, 1.165) is 30.6 Å². The average Bonchev–Trinajstić information content (AvgIpc) is 2.75. The number of para-hydroxylation sites is 1. The van der Waals surface area contributed by atoms with Crippen molar-refractivity contribution >= 4 is 23.3 Å². The smallest absolute Gasteiger partial charge is 0.329 e. The molecule has 30 heavy (non-hydrogen) atoms. The van der Waals surface area contributed by atoms with Gasteiger partial charge in [0.25, 0.3) is 11.6 Å². The van der Waals surface area contributed by atoms with Gasteiger partial charge in [-0.05, 0) is 37.0 Å². The molecule has 0 unspecified atom stereocenters. The molecule has 1 fully saturated rings. The van der Waals surface area contributed by atoms with Gasteiger partial charge in [0, 0.05) is 17.7 Å². The van der Waals surface area contributed by atoms with Crippen LogP contribution < -0.4 is 20.3 Å². The second-order valence-electron chi connectivity index (χ2n) is 8.03. The average molecular weight is 409 g/mol. The number of urea groups is 1. The fourth-order valence-electron chi connectivity index (χ4n) is 4.41. The van der Waals surface area contributed by atoms with Crippen molar-refractivity contribution in [3.05, 3.63) is 54.1 Å². The minimum atomic E-state index is -2.19. The summed E-state index contributed by atoms with van der Waals surface area (Å²) in [4.78, 5) is 27.7. The molecule has 0 radical (unpaired) electrons. The molecule has 2 aromatic carbocycles. The van der Waals surface area contributed by atoms with E-state index in [-0.39, 0.29) is 6.04 Å². The molecule has 7 heteroatoms. The van der Waals surface area contributed by atoms with Crippen molar-refractivity contribution in [2.45, 2.75) is 44.4 Å². The number of carbonyl (C=O) groups excluding carboxylic acids is 2. The highest BCUT2D eigenvalue weighted by atomic mass is 16.5. The van der Waals surface area contributed by atoms with Crippen molar-refractivity contribution in [2.24, 2.45) is 5.92 Å². The Morgan fingerprint density at radius 2 is 1.97 bits per heavy atom. The van der Waals surface area contributed by atoms with Crippen LogP contribution in [0.3, 0.4) is 0 Å². The Morgan fingerprint density at radius 3 is 2.73 bits per heavy atom. The van der Waals surface area contributed by atoms with Crippen LogP contribution in [0.1, 0.15) is 38.2 Å². The van der Waals surface area contributed by atoms with Crippen molar-refractivity contribution in [1.82, 2.24) is 5.32 Å². The van der Waals surface area contributed by atoms with Crippen LogP contribution >= 0.6 is 0 Å². The van der Waals surface area contributed by atoms with Gasteiger partial charge in [-0.3, -0.25) is 9.69 Å². The van der Waals surface area contributed by atoms with Gasteiger partial charge in [0.1, 0.15) is 5.75 Å². The standard InChI is InChI=1S/C23H27N3O4/c1-15-8-3-5-12-19(15)24-21(27)23(29)18-11-4-6-13-20(18)25-22(28)26(23)16-9-7-10-17(14-16)30-2/h4,6-7,9-11,13-15,19,29H,3,5,8,12H2,1-2H3,(H,24,27)(H,25,28)/t15-,19-,23-/m0/s1. The number of benzene rings is 2. The van der Waals surface area contributed by atoms with Crippen molar-refractivity contribution in [2.75, 3.05) is 17.3 Å². The molecule has 1 aliphatic heterocycles. The zero-order valence-corrected chi connectivity index (χ0v) is 17.2. The quantitative estimate of drug-likeness (QED) is 0.720. The number of carbonyl (C=O) groups is 2. The summed E-state index contributed by atoms with van der Waals surface area (Å²) in [5.41, 5.74) is -1.09. The second kappa shape index (κ2) is 7.99. The van der Waals surface area contributed by atoms with Crippen molar-refractivity contribution < 1.29 is 19.4 Å². The Morgan fingerprint density at radius 1 is 1.20 bits per heavy atom. The number of methoxy groups -OCH3 is 1. The van der Waals surface area contributed by atoms with Crippen LogP contribution in [-0.2, 0) is 10.5 Å². The number of nitrogens with zero attached hydrogens (tertiary/aromatic N) is 1. The van der Waals surface area contributed by atoms with Crippen molar-refractivity contribution in [3.8, 4) is 5.75 Å². The Labute approximate surface area is 176 Å². The van der Waals surface area contributed by atoms with E-state index in [0.29, 0.717) is 28.6 Å². The zero-order chi connectivity index (χ0) is 21.3. The van der Waals surface area contributed by atoms with Crippen LogP contribution in [0, 0.1) is 5.92 Å². The highest BCUT2D eigenvalue weighted by Crippen LogP contribution is 2.41. The highest BCUT2D eigenvalue weighted by Gasteiger charge is 2.52. The van der Waals surface area contributed by atoms with Crippen molar-refractivity contribution in [1.29, 1.82) is 0 Å². The predicted octanol–water partition coefficient (Wildman–Crippen LogP) is 3.59. The molecule has 158 valence electrons. The first-order valence-electron chi connectivity index (χ1n) is 10.3. The van der Waals surface area contributed by atoms with Gasteiger partial charge in [0.05, 0.1) is 18.5 Å². The molecule has 0 spiro atoms. The Bertz CT molecular complexity index is 963. The number of aliphatic hydroxyl groups is 1. The Balaban J connectivity index is 1.79. The lowest BCUT2D eigenvalue weighted by molar-refractivity contribution is -0.141. The van der Waals surface area contributed by atoms with Crippen LogP contribution in [-0.4, -0.2) is 30.2 Å². The van der Waals surface area contributed by atoms with E-state index in [1.807, 2.05) is 0 Å².